The second-order valence-corrected chi connectivity index (χ2v) is 10.2. The number of carbonyl (C=O) groups excluding carboxylic acids is 1. The topological polar surface area (TPSA) is 60.0 Å². The number of aliphatic imine (C=N–C) groups is 1. The molecule has 1 amide bonds. The molecule has 1 aromatic carbocycles. The van der Waals surface area contributed by atoms with Crippen LogP contribution in [0.15, 0.2) is 29.3 Å². The summed E-state index contributed by atoms with van der Waals surface area (Å²) >= 11 is 2.17. The average molecular weight is 560 g/mol. The second-order valence-electron chi connectivity index (χ2n) is 8.67. The van der Waals surface area contributed by atoms with E-state index in [1.54, 1.807) is 0 Å². The predicted octanol–water partition coefficient (Wildman–Crippen LogP) is 3.42. The number of halogens is 1. The van der Waals surface area contributed by atoms with Gasteiger partial charge in [-0.05, 0) is 44.6 Å². The highest BCUT2D eigenvalue weighted by atomic mass is 127. The van der Waals surface area contributed by atoms with Gasteiger partial charge in [0.1, 0.15) is 0 Å². The molecule has 6 nitrogen and oxygen atoms in total. The summed E-state index contributed by atoms with van der Waals surface area (Å²) in [6.07, 6.45) is 6.76. The van der Waals surface area contributed by atoms with Crippen molar-refractivity contribution in [1.82, 2.24) is 20.4 Å². The molecule has 0 radical (unpaired) electrons. The molecule has 0 bridgehead atoms. The second kappa shape index (κ2) is 12.9. The number of nitrogens with zero attached hydrogens (tertiary/aromatic N) is 3. The van der Waals surface area contributed by atoms with E-state index in [4.69, 9.17) is 0 Å². The van der Waals surface area contributed by atoms with Crippen LogP contribution in [-0.4, -0.2) is 79.5 Å². The molecule has 0 unspecified atom stereocenters. The molecule has 2 aliphatic rings. The molecule has 1 saturated carbocycles. The molecule has 1 saturated heterocycles. The first-order chi connectivity index (χ1) is 14.5. The summed E-state index contributed by atoms with van der Waals surface area (Å²) in [6, 6.07) is 7.86. The number of benzene rings is 1. The SMILES string of the molecule is CN=C(NCc1cccc(C(=O)NCCN(C)C)c1)N1CCSC2(CCCCC2)C1.I. The van der Waals surface area contributed by atoms with Gasteiger partial charge in [-0.1, -0.05) is 31.4 Å². The van der Waals surface area contributed by atoms with Gasteiger partial charge in [-0.3, -0.25) is 9.79 Å². The third-order valence-electron chi connectivity index (χ3n) is 6.01. The molecule has 1 spiro atoms. The summed E-state index contributed by atoms with van der Waals surface area (Å²) in [6.45, 7) is 4.28. The zero-order valence-electron chi connectivity index (χ0n) is 19.2. The maximum atomic E-state index is 12.4. The van der Waals surface area contributed by atoms with Crippen molar-refractivity contribution < 1.29 is 4.79 Å². The number of carbonyl (C=O) groups is 1. The van der Waals surface area contributed by atoms with Crippen molar-refractivity contribution in [1.29, 1.82) is 0 Å². The monoisotopic (exact) mass is 559 g/mol. The molecular formula is C23H38IN5OS. The molecule has 2 fully saturated rings. The van der Waals surface area contributed by atoms with E-state index in [2.05, 4.69) is 43.3 Å². The lowest BCUT2D eigenvalue weighted by Gasteiger charge is -2.45. The van der Waals surface area contributed by atoms with Crippen LogP contribution in [0.2, 0.25) is 0 Å². The fraction of sp³-hybridized carbons (Fsp3) is 0.652. The van der Waals surface area contributed by atoms with Crippen LogP contribution >= 0.6 is 35.7 Å². The fourth-order valence-corrected chi connectivity index (χ4v) is 5.92. The minimum absolute atomic E-state index is 0. The Morgan fingerprint density at radius 3 is 2.71 bits per heavy atom. The number of thioether (sulfide) groups is 1. The first-order valence-corrected chi connectivity index (χ1v) is 12.1. The Morgan fingerprint density at radius 1 is 1.23 bits per heavy atom. The van der Waals surface area contributed by atoms with Crippen LogP contribution < -0.4 is 10.6 Å². The molecule has 1 aliphatic carbocycles. The van der Waals surface area contributed by atoms with E-state index in [-0.39, 0.29) is 29.9 Å². The summed E-state index contributed by atoms with van der Waals surface area (Å²) in [5.74, 6) is 2.13. The Kier molecular flexibility index (Phi) is 10.9. The van der Waals surface area contributed by atoms with Gasteiger partial charge in [-0.15, -0.1) is 24.0 Å². The van der Waals surface area contributed by atoms with E-state index < -0.39 is 0 Å². The van der Waals surface area contributed by atoms with E-state index in [0.717, 1.165) is 31.2 Å². The predicted molar refractivity (Wildman–Crippen MR) is 143 cm³/mol. The van der Waals surface area contributed by atoms with Gasteiger partial charge in [0.25, 0.3) is 5.91 Å². The number of nitrogens with one attached hydrogen (secondary N) is 2. The molecule has 8 heteroatoms. The van der Waals surface area contributed by atoms with Gasteiger partial charge >= 0.3 is 0 Å². The van der Waals surface area contributed by atoms with Crippen molar-refractivity contribution >= 4 is 47.6 Å². The van der Waals surface area contributed by atoms with Crippen LogP contribution in [0.4, 0.5) is 0 Å². The molecule has 1 heterocycles. The van der Waals surface area contributed by atoms with Crippen LogP contribution in [0.5, 0.6) is 0 Å². The van der Waals surface area contributed by atoms with Crippen molar-refractivity contribution in [2.24, 2.45) is 4.99 Å². The number of amides is 1. The fourth-order valence-electron chi connectivity index (χ4n) is 4.36. The number of likely N-dealkylation sites (N-methyl/N-ethyl adjacent to an activating group) is 1. The summed E-state index contributed by atoms with van der Waals surface area (Å²) in [5, 5.41) is 6.51. The molecular weight excluding hydrogens is 521 g/mol. The smallest absolute Gasteiger partial charge is 0.251 e. The van der Waals surface area contributed by atoms with Crippen molar-refractivity contribution in [2.75, 3.05) is 53.1 Å². The maximum absolute atomic E-state index is 12.4. The van der Waals surface area contributed by atoms with Gasteiger partial charge in [0.2, 0.25) is 0 Å². The van der Waals surface area contributed by atoms with E-state index in [0.29, 0.717) is 23.4 Å². The van der Waals surface area contributed by atoms with E-state index in [1.807, 2.05) is 39.3 Å². The Bertz CT molecular complexity index is 731. The Morgan fingerprint density at radius 2 is 2.00 bits per heavy atom. The highest BCUT2D eigenvalue weighted by molar-refractivity contribution is 14.0. The molecule has 0 atom stereocenters. The van der Waals surface area contributed by atoms with Crippen molar-refractivity contribution in [2.45, 2.75) is 43.4 Å². The number of guanidine groups is 1. The first kappa shape index (κ1) is 26.3. The zero-order chi connectivity index (χ0) is 21.4. The quantitative estimate of drug-likeness (QED) is 0.318. The van der Waals surface area contributed by atoms with Gasteiger partial charge in [-0.25, -0.2) is 0 Å². The van der Waals surface area contributed by atoms with Gasteiger partial charge in [-0.2, -0.15) is 11.8 Å². The Balaban J connectivity index is 0.00000341. The lowest BCUT2D eigenvalue weighted by Crippen LogP contribution is -2.53. The van der Waals surface area contributed by atoms with Crippen LogP contribution in [0.25, 0.3) is 0 Å². The Labute approximate surface area is 209 Å². The van der Waals surface area contributed by atoms with E-state index >= 15 is 0 Å². The minimum atomic E-state index is -0.0182. The average Bonchev–Trinajstić information content (AvgIpc) is 2.75. The van der Waals surface area contributed by atoms with E-state index in [9.17, 15) is 4.79 Å². The lowest BCUT2D eigenvalue weighted by atomic mass is 9.87. The number of hydrogen-bond donors (Lipinski definition) is 2. The maximum Gasteiger partial charge on any atom is 0.251 e. The zero-order valence-corrected chi connectivity index (χ0v) is 22.3. The van der Waals surface area contributed by atoms with Crippen molar-refractivity contribution in [3.8, 4) is 0 Å². The summed E-state index contributed by atoms with van der Waals surface area (Å²) in [5.41, 5.74) is 1.80. The highest BCUT2D eigenvalue weighted by Gasteiger charge is 2.38. The first-order valence-electron chi connectivity index (χ1n) is 11.1. The molecule has 1 aliphatic heterocycles. The van der Waals surface area contributed by atoms with Crippen molar-refractivity contribution in [3.05, 3.63) is 35.4 Å². The van der Waals surface area contributed by atoms with Crippen molar-refractivity contribution in [3.63, 3.8) is 0 Å². The van der Waals surface area contributed by atoms with Crippen LogP contribution in [0.1, 0.15) is 48.0 Å². The van der Waals surface area contributed by atoms with E-state index in [1.165, 1.54) is 37.9 Å². The largest absolute Gasteiger partial charge is 0.352 e. The molecule has 1 aromatic rings. The molecule has 2 N–H and O–H groups in total. The Hall–Kier alpha value is -1.00. The summed E-state index contributed by atoms with van der Waals surface area (Å²) < 4.78 is 0.415. The normalized spacial score (nSPS) is 18.6. The van der Waals surface area contributed by atoms with Crippen LogP contribution in [0, 0.1) is 0 Å². The van der Waals surface area contributed by atoms with Crippen LogP contribution in [-0.2, 0) is 6.54 Å². The standard InChI is InChI=1S/C23H37N5OS.HI/c1-24-22(28-14-15-30-23(18-28)10-5-4-6-11-23)26-17-19-8-7-9-20(16-19)21(29)25-12-13-27(2)3;/h7-9,16H,4-6,10-15,17-18H2,1-3H3,(H,24,26)(H,25,29);1H. The van der Waals surface area contributed by atoms with Gasteiger partial charge < -0.3 is 20.4 Å². The van der Waals surface area contributed by atoms with Crippen LogP contribution in [0.3, 0.4) is 0 Å². The molecule has 0 aromatic heterocycles. The number of hydrogen-bond acceptors (Lipinski definition) is 4. The number of rotatable bonds is 6. The molecule has 174 valence electrons. The van der Waals surface area contributed by atoms with Gasteiger partial charge in [0.15, 0.2) is 5.96 Å². The highest BCUT2D eigenvalue weighted by Crippen LogP contribution is 2.42. The third kappa shape index (κ3) is 7.82. The van der Waals surface area contributed by atoms with Gasteiger partial charge in [0, 0.05) is 55.8 Å². The minimum Gasteiger partial charge on any atom is -0.352 e. The van der Waals surface area contributed by atoms with Gasteiger partial charge in [0.05, 0.1) is 0 Å². The summed E-state index contributed by atoms with van der Waals surface area (Å²) in [4.78, 5) is 21.5. The molecule has 31 heavy (non-hydrogen) atoms. The third-order valence-corrected chi connectivity index (χ3v) is 7.55. The summed E-state index contributed by atoms with van der Waals surface area (Å²) in [7, 11) is 5.87. The molecule has 3 rings (SSSR count). The lowest BCUT2D eigenvalue weighted by molar-refractivity contribution is 0.0951.